The summed E-state index contributed by atoms with van der Waals surface area (Å²) in [7, 11) is 4.34. The number of aromatic amines is 1. The van der Waals surface area contributed by atoms with E-state index >= 15 is 0 Å². The number of carbonyl (C=O) groups is 1. The molecule has 0 aliphatic rings. The first kappa shape index (κ1) is 19.8. The molecule has 29 heavy (non-hydrogen) atoms. The Bertz CT molecular complexity index is 1100. The number of aromatic nitrogens is 2. The highest BCUT2D eigenvalue weighted by atomic mass is 16.5. The van der Waals surface area contributed by atoms with Crippen molar-refractivity contribution in [2.24, 2.45) is 0 Å². The molecule has 0 atom stereocenters. The number of nitrogens with one attached hydrogen (secondary N) is 2. The van der Waals surface area contributed by atoms with E-state index in [4.69, 9.17) is 18.6 Å². The Kier molecular flexibility index (Phi) is 5.72. The third-order valence-corrected chi connectivity index (χ3v) is 4.12. The van der Waals surface area contributed by atoms with Crippen molar-refractivity contribution in [2.75, 3.05) is 26.6 Å². The molecule has 152 valence electrons. The third kappa shape index (κ3) is 4.00. The quantitative estimate of drug-likeness (QED) is 0.614. The molecule has 10 nitrogen and oxygen atoms in total. The molecule has 10 heteroatoms. The maximum absolute atomic E-state index is 12.7. The normalized spacial score (nSPS) is 10.4. The second kappa shape index (κ2) is 8.38. The highest BCUT2D eigenvalue weighted by molar-refractivity contribution is 6.04. The van der Waals surface area contributed by atoms with E-state index in [-0.39, 0.29) is 12.1 Å². The summed E-state index contributed by atoms with van der Waals surface area (Å²) in [6, 6.07) is 6.29. The predicted octanol–water partition coefficient (Wildman–Crippen LogP) is 1.46. The summed E-state index contributed by atoms with van der Waals surface area (Å²) in [6.07, 6.45) is 2.49. The number of nitrogens with zero attached hydrogens (tertiary/aromatic N) is 1. The molecule has 2 heterocycles. The molecule has 0 fully saturated rings. The minimum atomic E-state index is -0.755. The zero-order valence-electron chi connectivity index (χ0n) is 16.0. The minimum Gasteiger partial charge on any atom is -0.493 e. The number of anilines is 1. The van der Waals surface area contributed by atoms with Gasteiger partial charge >= 0.3 is 5.69 Å². The van der Waals surface area contributed by atoms with Gasteiger partial charge in [0.05, 0.1) is 34.1 Å². The number of furan rings is 1. The smallest absolute Gasteiger partial charge is 0.328 e. The first-order chi connectivity index (χ1) is 14.0. The molecule has 0 unspecified atom stereocenters. The molecule has 3 rings (SSSR count). The molecule has 0 spiro atoms. The molecule has 0 aliphatic carbocycles. The van der Waals surface area contributed by atoms with E-state index in [1.54, 1.807) is 12.1 Å². The van der Waals surface area contributed by atoms with Crippen LogP contribution in [0.5, 0.6) is 17.2 Å². The van der Waals surface area contributed by atoms with E-state index < -0.39 is 17.2 Å². The Morgan fingerprint density at radius 1 is 1.14 bits per heavy atom. The highest BCUT2D eigenvalue weighted by Crippen LogP contribution is 2.39. The minimum absolute atomic E-state index is 0.105. The highest BCUT2D eigenvalue weighted by Gasteiger charge is 2.18. The zero-order valence-corrected chi connectivity index (χ0v) is 16.0. The lowest BCUT2D eigenvalue weighted by atomic mass is 10.2. The van der Waals surface area contributed by atoms with Crippen LogP contribution >= 0.6 is 0 Å². The number of hydrogen-bond acceptors (Lipinski definition) is 7. The summed E-state index contributed by atoms with van der Waals surface area (Å²) in [6.45, 7) is -0.105. The van der Waals surface area contributed by atoms with Crippen LogP contribution in [0.2, 0.25) is 0 Å². The molecule has 2 aromatic heterocycles. The molecule has 0 aliphatic heterocycles. The van der Waals surface area contributed by atoms with Gasteiger partial charge in [-0.05, 0) is 12.1 Å². The van der Waals surface area contributed by atoms with E-state index in [0.29, 0.717) is 28.7 Å². The first-order valence-corrected chi connectivity index (χ1v) is 8.44. The summed E-state index contributed by atoms with van der Waals surface area (Å²) in [5, 5.41) is 2.59. The molecular formula is C19H19N3O7. The number of ether oxygens (including phenoxy) is 3. The van der Waals surface area contributed by atoms with E-state index in [1.807, 2.05) is 0 Å². The van der Waals surface area contributed by atoms with Crippen LogP contribution < -0.4 is 30.8 Å². The Labute approximate surface area is 164 Å². The molecule has 0 saturated carbocycles. The molecule has 0 saturated heterocycles. The Balaban J connectivity index is 1.94. The average molecular weight is 401 g/mol. The summed E-state index contributed by atoms with van der Waals surface area (Å²) in [5.74, 6) is 0.712. The second-order valence-electron chi connectivity index (χ2n) is 5.85. The van der Waals surface area contributed by atoms with Crippen LogP contribution in [0.3, 0.4) is 0 Å². The van der Waals surface area contributed by atoms with Crippen molar-refractivity contribution >= 4 is 11.6 Å². The summed E-state index contributed by atoms with van der Waals surface area (Å²) in [4.78, 5) is 39.7. The molecule has 1 aromatic carbocycles. The summed E-state index contributed by atoms with van der Waals surface area (Å²) < 4.78 is 21.8. The maximum Gasteiger partial charge on any atom is 0.328 e. The molecular weight excluding hydrogens is 382 g/mol. The zero-order chi connectivity index (χ0) is 21.0. The number of carbonyl (C=O) groups excluding carboxylic acids is 1. The van der Waals surface area contributed by atoms with Gasteiger partial charge in [-0.25, -0.2) is 4.79 Å². The predicted molar refractivity (Wildman–Crippen MR) is 103 cm³/mol. The van der Waals surface area contributed by atoms with Crippen LogP contribution in [0.25, 0.3) is 0 Å². The number of hydrogen-bond donors (Lipinski definition) is 2. The van der Waals surface area contributed by atoms with Crippen LogP contribution in [0.15, 0.2) is 50.7 Å². The number of amides is 1. The molecule has 3 aromatic rings. The van der Waals surface area contributed by atoms with Crippen LogP contribution in [0, 0.1) is 0 Å². The topological polar surface area (TPSA) is 125 Å². The van der Waals surface area contributed by atoms with Crippen molar-refractivity contribution in [1.29, 1.82) is 0 Å². The van der Waals surface area contributed by atoms with Gasteiger partial charge in [-0.2, -0.15) is 0 Å². The number of H-pyrrole nitrogens is 1. The van der Waals surface area contributed by atoms with Crippen molar-refractivity contribution in [1.82, 2.24) is 9.55 Å². The van der Waals surface area contributed by atoms with Gasteiger partial charge in [-0.15, -0.1) is 0 Å². The first-order valence-electron chi connectivity index (χ1n) is 8.44. The van der Waals surface area contributed by atoms with Gasteiger partial charge in [0.25, 0.3) is 11.5 Å². The van der Waals surface area contributed by atoms with Gasteiger partial charge in [0, 0.05) is 24.0 Å². The van der Waals surface area contributed by atoms with Gasteiger partial charge < -0.3 is 28.9 Å². The number of rotatable bonds is 7. The Morgan fingerprint density at radius 3 is 2.38 bits per heavy atom. The van der Waals surface area contributed by atoms with Gasteiger partial charge in [-0.1, -0.05) is 0 Å². The fourth-order valence-electron chi connectivity index (χ4n) is 2.73. The van der Waals surface area contributed by atoms with Gasteiger partial charge in [0.15, 0.2) is 11.5 Å². The summed E-state index contributed by atoms with van der Waals surface area (Å²) >= 11 is 0. The SMILES string of the molecule is COc1cc(NC(=O)c2c[nH]c(=O)n(Cc3ccco3)c2=O)cc(OC)c1OC. The van der Waals surface area contributed by atoms with Crippen molar-refractivity contribution in [3.63, 3.8) is 0 Å². The Hall–Kier alpha value is -3.95. The lowest BCUT2D eigenvalue weighted by Gasteiger charge is -2.14. The number of benzene rings is 1. The van der Waals surface area contributed by atoms with Crippen molar-refractivity contribution < 1.29 is 23.4 Å². The van der Waals surface area contributed by atoms with Crippen LogP contribution in [0.1, 0.15) is 16.1 Å². The maximum atomic E-state index is 12.7. The van der Waals surface area contributed by atoms with Crippen molar-refractivity contribution in [3.8, 4) is 17.2 Å². The average Bonchev–Trinajstić information content (AvgIpc) is 3.23. The van der Waals surface area contributed by atoms with Crippen LogP contribution in [-0.2, 0) is 6.54 Å². The molecule has 1 amide bonds. The number of methoxy groups -OCH3 is 3. The van der Waals surface area contributed by atoms with E-state index in [2.05, 4.69) is 10.3 Å². The fourth-order valence-corrected chi connectivity index (χ4v) is 2.73. The second-order valence-corrected chi connectivity index (χ2v) is 5.85. The largest absolute Gasteiger partial charge is 0.493 e. The van der Waals surface area contributed by atoms with Gasteiger partial charge in [0.1, 0.15) is 11.3 Å². The molecule has 2 N–H and O–H groups in total. The van der Waals surface area contributed by atoms with Gasteiger partial charge in [0.2, 0.25) is 5.75 Å². The molecule has 0 bridgehead atoms. The van der Waals surface area contributed by atoms with Crippen molar-refractivity contribution in [3.05, 3.63) is 68.9 Å². The lowest BCUT2D eigenvalue weighted by Crippen LogP contribution is -2.39. The van der Waals surface area contributed by atoms with E-state index in [1.165, 1.54) is 39.7 Å². The van der Waals surface area contributed by atoms with E-state index in [9.17, 15) is 14.4 Å². The fraction of sp³-hybridized carbons (Fsp3) is 0.211. The van der Waals surface area contributed by atoms with Crippen LogP contribution in [0.4, 0.5) is 5.69 Å². The van der Waals surface area contributed by atoms with Crippen LogP contribution in [-0.4, -0.2) is 36.8 Å². The standard InChI is InChI=1S/C19H19N3O7/c1-26-14-7-11(8-15(27-2)16(14)28-3)21-17(23)13-9-20-19(25)22(18(13)24)10-12-5-4-6-29-12/h4-9H,10H2,1-3H3,(H,20,25)(H,21,23). The summed E-state index contributed by atoms with van der Waals surface area (Å²) in [5.41, 5.74) is -1.34. The van der Waals surface area contributed by atoms with E-state index in [0.717, 1.165) is 10.8 Å². The molecule has 0 radical (unpaired) electrons. The third-order valence-electron chi connectivity index (χ3n) is 4.12. The van der Waals surface area contributed by atoms with Gasteiger partial charge in [-0.3, -0.25) is 14.2 Å². The monoisotopic (exact) mass is 401 g/mol. The Morgan fingerprint density at radius 2 is 1.83 bits per heavy atom. The lowest BCUT2D eigenvalue weighted by molar-refractivity contribution is 0.102. The van der Waals surface area contributed by atoms with Crippen molar-refractivity contribution in [2.45, 2.75) is 6.54 Å².